The molecule has 1 aromatic carbocycles. The third kappa shape index (κ3) is 24.6. The van der Waals surface area contributed by atoms with Gasteiger partial charge in [0.25, 0.3) is 0 Å². The number of aliphatic carboxylic acids is 3. The SMILES string of the molecule is CSCC[C@H](N)C(=O)N[C@@H](Cc1ccc(O)cc1)C(=O)N[C@H](C(=O)N[C@@H](CC(N)=O)C(=O)N[C@H](C(=O)N[C@@H](CC(=O)O)C(=O)N[C@@H](CCC(N)=O)C(=O)N[C@@H](CC(=O)O)C(=O)N[C@@H](CC(C)C)C(=O)O)C(C)C)[C@@H](C)O. The molecular formula is C46H71N11O18S. The fourth-order valence-corrected chi connectivity index (χ4v) is 7.44. The van der Waals surface area contributed by atoms with Gasteiger partial charge in [-0.25, -0.2) is 4.79 Å². The Hall–Kier alpha value is -7.60. The summed E-state index contributed by atoms with van der Waals surface area (Å²) in [5, 5.41) is 67.0. The Balaban J connectivity index is 3.47. The number of hydrogen-bond donors (Lipinski definition) is 16. The number of nitrogens with one attached hydrogen (secondary N) is 8. The Labute approximate surface area is 441 Å². The van der Waals surface area contributed by atoms with Crippen molar-refractivity contribution in [2.24, 2.45) is 29.0 Å². The van der Waals surface area contributed by atoms with Crippen molar-refractivity contribution in [3.8, 4) is 5.75 Å². The van der Waals surface area contributed by atoms with Gasteiger partial charge < -0.3 is 85.3 Å². The van der Waals surface area contributed by atoms with E-state index in [0.717, 1.165) is 6.92 Å². The molecule has 0 aliphatic rings. The van der Waals surface area contributed by atoms with Crippen LogP contribution >= 0.6 is 11.8 Å². The van der Waals surface area contributed by atoms with E-state index in [2.05, 4.69) is 42.5 Å². The summed E-state index contributed by atoms with van der Waals surface area (Å²) in [7, 11) is 0. The van der Waals surface area contributed by atoms with Gasteiger partial charge in [0, 0.05) is 12.8 Å². The van der Waals surface area contributed by atoms with Crippen LogP contribution < -0.4 is 59.7 Å². The Morgan fingerprint density at radius 3 is 1.39 bits per heavy atom. The summed E-state index contributed by atoms with van der Waals surface area (Å²) in [6.07, 6.45) is -4.44. The van der Waals surface area contributed by atoms with Crippen LogP contribution in [0.5, 0.6) is 5.75 Å². The minimum atomic E-state index is -2.08. The third-order valence-electron chi connectivity index (χ3n) is 11.0. The van der Waals surface area contributed by atoms with Crippen LogP contribution in [0.4, 0.5) is 0 Å². The lowest BCUT2D eigenvalue weighted by Crippen LogP contribution is -2.62. The van der Waals surface area contributed by atoms with Gasteiger partial charge in [0.05, 0.1) is 31.4 Å². The monoisotopic (exact) mass is 1100 g/mol. The third-order valence-corrected chi connectivity index (χ3v) is 11.6. The van der Waals surface area contributed by atoms with E-state index in [9.17, 15) is 87.9 Å². The molecule has 29 nitrogen and oxygen atoms in total. The van der Waals surface area contributed by atoms with Gasteiger partial charge in [-0.1, -0.05) is 39.8 Å². The predicted octanol–water partition coefficient (Wildman–Crippen LogP) is -4.85. The number of carbonyl (C=O) groups is 13. The molecule has 76 heavy (non-hydrogen) atoms. The van der Waals surface area contributed by atoms with E-state index in [1.807, 2.05) is 0 Å². The molecule has 0 aromatic heterocycles. The molecule has 19 N–H and O–H groups in total. The predicted molar refractivity (Wildman–Crippen MR) is 269 cm³/mol. The zero-order valence-electron chi connectivity index (χ0n) is 42.8. The Bertz CT molecular complexity index is 2250. The number of carbonyl (C=O) groups excluding carboxylic acids is 10. The van der Waals surface area contributed by atoms with Crippen LogP contribution in [-0.2, 0) is 68.7 Å². The van der Waals surface area contributed by atoms with E-state index in [1.165, 1.54) is 49.9 Å². The van der Waals surface area contributed by atoms with Crippen LogP contribution in [-0.4, -0.2) is 175 Å². The summed E-state index contributed by atoms with van der Waals surface area (Å²) in [5.74, 6) is -17.2. The minimum Gasteiger partial charge on any atom is -0.508 e. The average Bonchev–Trinajstić information content (AvgIpc) is 3.31. The lowest BCUT2D eigenvalue weighted by Gasteiger charge is -2.29. The van der Waals surface area contributed by atoms with Crippen molar-refractivity contribution in [2.45, 2.75) is 146 Å². The molecule has 10 amide bonds. The largest absolute Gasteiger partial charge is 0.508 e. The van der Waals surface area contributed by atoms with E-state index in [0.29, 0.717) is 11.3 Å². The molecule has 0 unspecified atom stereocenters. The van der Waals surface area contributed by atoms with E-state index in [-0.39, 0.29) is 30.9 Å². The molecule has 0 aliphatic heterocycles. The number of benzene rings is 1. The lowest BCUT2D eigenvalue weighted by atomic mass is 10.0. The normalized spacial score (nSPS) is 15.0. The maximum absolute atomic E-state index is 13.9. The van der Waals surface area contributed by atoms with Crippen LogP contribution in [0.3, 0.4) is 0 Å². The van der Waals surface area contributed by atoms with Crippen molar-refractivity contribution in [3.63, 3.8) is 0 Å². The quantitative estimate of drug-likeness (QED) is 0.0303. The summed E-state index contributed by atoms with van der Waals surface area (Å²) < 4.78 is 0. The van der Waals surface area contributed by atoms with Crippen LogP contribution in [0.2, 0.25) is 0 Å². The summed E-state index contributed by atoms with van der Waals surface area (Å²) in [6, 6.07) is -9.84. The standard InChI is InChI=1S/C46H71N11O18S/c1-20(2)15-31(46(74)75)55-41(69)29(18-34(62)63)52-39(67)26(11-12-32(48)60)50-40(68)30(19-35(64)65)54-44(72)36(21(3)4)56-43(71)28(17-33(49)61)53-45(73)37(22(5)58)57-42(70)27(16-23-7-9-24(59)10-8-23)51-38(66)25(47)13-14-76-6/h7-10,20-22,25-31,36-37,58-59H,11-19,47H2,1-6H3,(H2,48,60)(H2,49,61)(H,50,68)(H,51,66)(H,52,67)(H,53,73)(H,54,72)(H,55,69)(H,56,71)(H,57,70)(H,62,63)(H,64,65)(H,74,75)/t22-,25+,26+,27+,28+,29+,30+,31+,36+,37+/m1/s1. The first kappa shape index (κ1) is 66.4. The molecule has 0 fully saturated rings. The van der Waals surface area contributed by atoms with Crippen molar-refractivity contribution >= 4 is 88.7 Å². The number of nitrogens with two attached hydrogens (primary N) is 3. The Morgan fingerprint density at radius 1 is 0.526 bits per heavy atom. The highest BCUT2D eigenvalue weighted by atomic mass is 32.2. The summed E-state index contributed by atoms with van der Waals surface area (Å²) in [5.41, 5.74) is 17.1. The van der Waals surface area contributed by atoms with Crippen LogP contribution in [0, 0.1) is 11.8 Å². The van der Waals surface area contributed by atoms with Crippen LogP contribution in [0.25, 0.3) is 0 Å². The lowest BCUT2D eigenvalue weighted by molar-refractivity contribution is -0.144. The Morgan fingerprint density at radius 2 is 0.947 bits per heavy atom. The van der Waals surface area contributed by atoms with Gasteiger partial charge >= 0.3 is 17.9 Å². The first-order chi connectivity index (χ1) is 35.4. The number of aromatic hydroxyl groups is 1. The van der Waals surface area contributed by atoms with Crippen LogP contribution in [0.1, 0.15) is 85.1 Å². The number of amides is 10. The molecule has 0 bridgehead atoms. The zero-order valence-corrected chi connectivity index (χ0v) is 43.6. The fraction of sp³-hybridized carbons (Fsp3) is 0.587. The topological polar surface area (TPSA) is 497 Å². The number of primary amides is 2. The average molecular weight is 1100 g/mol. The summed E-state index contributed by atoms with van der Waals surface area (Å²) in [4.78, 5) is 168. The van der Waals surface area contributed by atoms with Gasteiger partial charge in [-0.3, -0.25) is 57.5 Å². The number of carboxylic acids is 3. The van der Waals surface area contributed by atoms with Gasteiger partial charge in [0.2, 0.25) is 59.1 Å². The van der Waals surface area contributed by atoms with Crippen molar-refractivity contribution < 1.29 is 87.9 Å². The molecule has 0 radical (unpaired) electrons. The molecule has 0 saturated carbocycles. The highest BCUT2D eigenvalue weighted by molar-refractivity contribution is 7.98. The van der Waals surface area contributed by atoms with E-state index in [1.54, 1.807) is 20.1 Å². The maximum atomic E-state index is 13.9. The smallest absolute Gasteiger partial charge is 0.326 e. The number of aliphatic hydroxyl groups is 1. The molecular weight excluding hydrogens is 1030 g/mol. The molecule has 1 rings (SSSR count). The number of thioether (sulfide) groups is 1. The van der Waals surface area contributed by atoms with Crippen LogP contribution in [0.15, 0.2) is 24.3 Å². The number of aliphatic hydroxyl groups excluding tert-OH is 1. The molecule has 0 saturated heterocycles. The molecule has 10 atom stereocenters. The number of hydrogen-bond acceptors (Lipinski definition) is 17. The van der Waals surface area contributed by atoms with Crippen molar-refractivity contribution in [1.29, 1.82) is 0 Å². The molecule has 0 heterocycles. The molecule has 424 valence electrons. The Kier molecular flexibility index (Phi) is 28.5. The first-order valence-corrected chi connectivity index (χ1v) is 25.1. The molecule has 0 spiro atoms. The van der Waals surface area contributed by atoms with E-state index < -0.39 is 175 Å². The van der Waals surface area contributed by atoms with Crippen molar-refractivity contribution in [2.75, 3.05) is 12.0 Å². The van der Waals surface area contributed by atoms with E-state index in [4.69, 9.17) is 17.2 Å². The number of carboxylic acid groups (broad SMARTS) is 3. The van der Waals surface area contributed by atoms with E-state index >= 15 is 0 Å². The summed E-state index contributed by atoms with van der Waals surface area (Å²) >= 11 is 1.42. The molecule has 30 heteroatoms. The number of phenols is 1. The van der Waals surface area contributed by atoms with Gasteiger partial charge in [-0.05, 0) is 67.7 Å². The number of phenolic OH excluding ortho intramolecular Hbond substituents is 1. The van der Waals surface area contributed by atoms with Crippen molar-refractivity contribution in [3.05, 3.63) is 29.8 Å². The van der Waals surface area contributed by atoms with Gasteiger partial charge in [0.15, 0.2) is 0 Å². The highest BCUT2D eigenvalue weighted by Gasteiger charge is 2.38. The zero-order chi connectivity index (χ0) is 58.1. The van der Waals surface area contributed by atoms with Crippen molar-refractivity contribution in [1.82, 2.24) is 42.5 Å². The second-order valence-electron chi connectivity index (χ2n) is 18.4. The molecule has 1 aromatic rings. The fourth-order valence-electron chi connectivity index (χ4n) is 6.95. The summed E-state index contributed by atoms with van der Waals surface area (Å²) in [6.45, 7) is 7.16. The first-order valence-electron chi connectivity index (χ1n) is 23.7. The van der Waals surface area contributed by atoms with Gasteiger partial charge in [-0.15, -0.1) is 0 Å². The van der Waals surface area contributed by atoms with Gasteiger partial charge in [0.1, 0.15) is 54.1 Å². The maximum Gasteiger partial charge on any atom is 0.326 e. The minimum absolute atomic E-state index is 0.0922. The number of rotatable bonds is 35. The van der Waals surface area contributed by atoms with Gasteiger partial charge in [-0.2, -0.15) is 11.8 Å². The second kappa shape index (κ2) is 32.7. The second-order valence-corrected chi connectivity index (χ2v) is 19.4. The highest BCUT2D eigenvalue weighted by Crippen LogP contribution is 2.14. The molecule has 0 aliphatic carbocycles.